The smallest absolute Gasteiger partial charge is 0.322 e. The number of hydrogen-bond acceptors (Lipinski definition) is 7. The second kappa shape index (κ2) is 8.95. The minimum atomic E-state index is -0.295. The van der Waals surface area contributed by atoms with Gasteiger partial charge in [-0.05, 0) is 37.1 Å². The number of urea groups is 1. The largest absolute Gasteiger partial charge is 0.496 e. The summed E-state index contributed by atoms with van der Waals surface area (Å²) in [5.74, 6) is 2.62. The SMILES string of the molecule is COc1ccc(NC(=O)N2CCC[C@@H]2c2nc(-c3ccccc3OC)no2)cc1OC. The zero-order chi connectivity index (χ0) is 21.8. The van der Waals surface area contributed by atoms with Crippen molar-refractivity contribution in [2.24, 2.45) is 0 Å². The first-order chi connectivity index (χ1) is 15.1. The molecule has 4 rings (SSSR count). The molecule has 1 saturated heterocycles. The molecule has 3 aromatic rings. The lowest BCUT2D eigenvalue weighted by Crippen LogP contribution is -2.34. The lowest BCUT2D eigenvalue weighted by atomic mass is 10.2. The van der Waals surface area contributed by atoms with E-state index in [4.69, 9.17) is 18.7 Å². The van der Waals surface area contributed by atoms with Gasteiger partial charge in [-0.3, -0.25) is 0 Å². The summed E-state index contributed by atoms with van der Waals surface area (Å²) in [4.78, 5) is 19.2. The Hall–Kier alpha value is -3.75. The van der Waals surface area contributed by atoms with Crippen molar-refractivity contribution in [1.29, 1.82) is 0 Å². The van der Waals surface area contributed by atoms with Crippen molar-refractivity contribution >= 4 is 11.7 Å². The predicted molar refractivity (Wildman–Crippen MR) is 114 cm³/mol. The van der Waals surface area contributed by atoms with E-state index >= 15 is 0 Å². The second-order valence-corrected chi connectivity index (χ2v) is 7.01. The summed E-state index contributed by atoms with van der Waals surface area (Å²) >= 11 is 0. The number of ether oxygens (including phenoxy) is 3. The third-order valence-electron chi connectivity index (χ3n) is 5.22. The lowest BCUT2D eigenvalue weighted by molar-refractivity contribution is 0.193. The standard InChI is InChI=1S/C22H24N4O5/c1-28-17-9-5-4-7-15(17)20-24-21(31-25-20)16-8-6-12-26(16)22(27)23-14-10-11-18(29-2)19(13-14)30-3/h4-5,7,9-11,13,16H,6,8,12H2,1-3H3,(H,23,27)/t16-/m1/s1. The highest BCUT2D eigenvalue weighted by atomic mass is 16.5. The number of para-hydroxylation sites is 1. The quantitative estimate of drug-likeness (QED) is 0.635. The number of amides is 2. The molecule has 0 spiro atoms. The Balaban J connectivity index is 1.52. The van der Waals surface area contributed by atoms with Gasteiger partial charge in [0, 0.05) is 18.3 Å². The molecule has 0 bridgehead atoms. The van der Waals surface area contributed by atoms with Crippen molar-refractivity contribution in [3.63, 3.8) is 0 Å². The molecule has 1 aliphatic rings. The van der Waals surface area contributed by atoms with Crippen LogP contribution in [0.3, 0.4) is 0 Å². The number of carbonyl (C=O) groups excluding carboxylic acids is 1. The average molecular weight is 424 g/mol. The first kappa shape index (κ1) is 20.5. The van der Waals surface area contributed by atoms with Gasteiger partial charge < -0.3 is 29.0 Å². The second-order valence-electron chi connectivity index (χ2n) is 7.01. The monoisotopic (exact) mass is 424 g/mol. The van der Waals surface area contributed by atoms with E-state index in [1.54, 1.807) is 44.4 Å². The van der Waals surface area contributed by atoms with Crippen LogP contribution >= 0.6 is 0 Å². The van der Waals surface area contributed by atoms with Crippen LogP contribution in [-0.2, 0) is 0 Å². The summed E-state index contributed by atoms with van der Waals surface area (Å²) in [5, 5.41) is 7.01. The van der Waals surface area contributed by atoms with Crippen LogP contribution in [0.1, 0.15) is 24.8 Å². The van der Waals surface area contributed by atoms with Gasteiger partial charge in [0.15, 0.2) is 11.5 Å². The molecule has 2 heterocycles. The predicted octanol–water partition coefficient (Wildman–Crippen LogP) is 4.13. The van der Waals surface area contributed by atoms with Gasteiger partial charge in [0.1, 0.15) is 11.8 Å². The maximum absolute atomic E-state index is 13.0. The zero-order valence-corrected chi connectivity index (χ0v) is 17.6. The third kappa shape index (κ3) is 4.11. The van der Waals surface area contributed by atoms with Crippen molar-refractivity contribution in [2.45, 2.75) is 18.9 Å². The molecule has 9 heteroatoms. The highest BCUT2D eigenvalue weighted by Gasteiger charge is 2.34. The molecule has 1 fully saturated rings. The molecule has 0 saturated carbocycles. The van der Waals surface area contributed by atoms with Gasteiger partial charge in [0.2, 0.25) is 11.7 Å². The van der Waals surface area contributed by atoms with Crippen LogP contribution in [0.2, 0.25) is 0 Å². The van der Waals surface area contributed by atoms with Crippen molar-refractivity contribution in [3.8, 4) is 28.6 Å². The van der Waals surface area contributed by atoms with Crippen LogP contribution < -0.4 is 19.5 Å². The molecule has 0 aliphatic carbocycles. The summed E-state index contributed by atoms with van der Waals surface area (Å²) in [6.07, 6.45) is 1.59. The van der Waals surface area contributed by atoms with Crippen molar-refractivity contribution in [3.05, 3.63) is 48.4 Å². The molecule has 162 valence electrons. The van der Waals surface area contributed by atoms with Crippen LogP contribution in [0.25, 0.3) is 11.4 Å². The summed E-state index contributed by atoms with van der Waals surface area (Å²) < 4.78 is 21.5. The van der Waals surface area contributed by atoms with Gasteiger partial charge in [-0.15, -0.1) is 0 Å². The van der Waals surface area contributed by atoms with Gasteiger partial charge in [-0.25, -0.2) is 4.79 Å². The molecule has 1 atom stereocenters. The van der Waals surface area contributed by atoms with E-state index in [9.17, 15) is 4.79 Å². The number of benzene rings is 2. The van der Waals surface area contributed by atoms with Gasteiger partial charge in [-0.2, -0.15) is 4.98 Å². The van der Waals surface area contributed by atoms with Gasteiger partial charge in [-0.1, -0.05) is 17.3 Å². The fourth-order valence-corrected chi connectivity index (χ4v) is 3.69. The third-order valence-corrected chi connectivity index (χ3v) is 5.22. The number of methoxy groups -OCH3 is 3. The van der Waals surface area contributed by atoms with Crippen LogP contribution in [-0.4, -0.2) is 48.9 Å². The number of aromatic nitrogens is 2. The normalized spacial score (nSPS) is 15.6. The van der Waals surface area contributed by atoms with E-state index in [1.807, 2.05) is 24.3 Å². The molecule has 9 nitrogen and oxygen atoms in total. The van der Waals surface area contributed by atoms with Crippen molar-refractivity contribution < 1.29 is 23.5 Å². The molecule has 0 unspecified atom stereocenters. The summed E-state index contributed by atoms with van der Waals surface area (Å²) in [6.45, 7) is 0.593. The molecular weight excluding hydrogens is 400 g/mol. The number of nitrogens with one attached hydrogen (secondary N) is 1. The highest BCUT2D eigenvalue weighted by Crippen LogP contribution is 2.35. The molecule has 2 amide bonds. The molecule has 2 aromatic carbocycles. The van der Waals surface area contributed by atoms with Gasteiger partial charge >= 0.3 is 6.03 Å². The Morgan fingerprint density at radius 1 is 1.06 bits per heavy atom. The highest BCUT2D eigenvalue weighted by molar-refractivity contribution is 5.90. The molecular formula is C22H24N4O5. The topological polar surface area (TPSA) is 99.0 Å². The fourth-order valence-electron chi connectivity index (χ4n) is 3.69. The Labute approximate surface area is 179 Å². The van der Waals surface area contributed by atoms with Crippen LogP contribution in [0, 0.1) is 0 Å². The van der Waals surface area contributed by atoms with Crippen LogP contribution in [0.4, 0.5) is 10.5 Å². The van der Waals surface area contributed by atoms with Crippen molar-refractivity contribution in [1.82, 2.24) is 15.0 Å². The number of anilines is 1. The van der Waals surface area contributed by atoms with E-state index in [-0.39, 0.29) is 12.1 Å². The molecule has 1 aliphatic heterocycles. The number of carbonyl (C=O) groups is 1. The first-order valence-corrected chi connectivity index (χ1v) is 9.91. The number of nitrogens with zero attached hydrogens (tertiary/aromatic N) is 3. The minimum Gasteiger partial charge on any atom is -0.496 e. The minimum absolute atomic E-state index is 0.244. The van der Waals surface area contributed by atoms with E-state index in [0.717, 1.165) is 18.4 Å². The fraction of sp³-hybridized carbons (Fsp3) is 0.318. The Kier molecular flexibility index (Phi) is 5.92. The van der Waals surface area contributed by atoms with Gasteiger partial charge in [0.05, 0.1) is 26.9 Å². The first-order valence-electron chi connectivity index (χ1n) is 9.91. The van der Waals surface area contributed by atoms with E-state index in [1.165, 1.54) is 0 Å². The van der Waals surface area contributed by atoms with Gasteiger partial charge in [0.25, 0.3) is 0 Å². The van der Waals surface area contributed by atoms with Crippen molar-refractivity contribution in [2.75, 3.05) is 33.2 Å². The van der Waals surface area contributed by atoms with E-state index < -0.39 is 0 Å². The maximum Gasteiger partial charge on any atom is 0.322 e. The average Bonchev–Trinajstić information content (AvgIpc) is 3.48. The number of rotatable bonds is 6. The Morgan fingerprint density at radius 2 is 1.84 bits per heavy atom. The molecule has 31 heavy (non-hydrogen) atoms. The summed E-state index contributed by atoms with van der Waals surface area (Å²) in [6, 6.07) is 12.1. The van der Waals surface area contributed by atoms with Crippen LogP contribution in [0.15, 0.2) is 47.0 Å². The Morgan fingerprint density at radius 3 is 2.61 bits per heavy atom. The Bertz CT molecular complexity index is 1070. The summed E-state index contributed by atoms with van der Waals surface area (Å²) in [5.41, 5.74) is 1.34. The zero-order valence-electron chi connectivity index (χ0n) is 17.6. The molecule has 0 radical (unpaired) electrons. The summed E-state index contributed by atoms with van der Waals surface area (Å²) in [7, 11) is 4.71. The lowest BCUT2D eigenvalue weighted by Gasteiger charge is -2.22. The maximum atomic E-state index is 13.0. The van der Waals surface area contributed by atoms with Crippen LogP contribution in [0.5, 0.6) is 17.2 Å². The molecule has 1 aromatic heterocycles. The molecule has 1 N–H and O–H groups in total. The van der Waals surface area contributed by atoms with E-state index in [0.29, 0.717) is 41.2 Å². The van der Waals surface area contributed by atoms with E-state index in [2.05, 4.69) is 15.5 Å². The number of hydrogen-bond donors (Lipinski definition) is 1. The number of likely N-dealkylation sites (tertiary alicyclic amines) is 1.